The first-order valence-electron chi connectivity index (χ1n) is 9.56. The van der Waals surface area contributed by atoms with E-state index in [1.54, 1.807) is 0 Å². The first kappa shape index (κ1) is 20.6. The molecule has 31 heavy (non-hydrogen) atoms. The molecule has 0 spiro atoms. The van der Waals surface area contributed by atoms with E-state index in [0.717, 1.165) is 34.4 Å². The zero-order chi connectivity index (χ0) is 21.8. The molecule has 0 heterocycles. The van der Waals surface area contributed by atoms with Crippen molar-refractivity contribution in [1.29, 1.82) is 0 Å². The number of amides is 1. The lowest BCUT2D eigenvalue weighted by Gasteiger charge is -2.14. The third-order valence-corrected chi connectivity index (χ3v) is 5.87. The summed E-state index contributed by atoms with van der Waals surface area (Å²) in [5, 5.41) is 2.57. The third kappa shape index (κ3) is 4.60. The Kier molecular flexibility index (Phi) is 5.74. The van der Waals surface area contributed by atoms with Gasteiger partial charge in [-0.25, -0.2) is 4.79 Å². The highest BCUT2D eigenvalue weighted by Crippen LogP contribution is 2.44. The van der Waals surface area contributed by atoms with Crippen LogP contribution >= 0.6 is 0 Å². The van der Waals surface area contributed by atoms with Crippen LogP contribution in [0.1, 0.15) is 22.6 Å². The van der Waals surface area contributed by atoms with Gasteiger partial charge in [-0.1, -0.05) is 60.4 Å². The number of ether oxygens (including phenoxy) is 1. The molecule has 7 heteroatoms. The molecule has 3 aromatic rings. The van der Waals surface area contributed by atoms with Crippen molar-refractivity contribution < 1.29 is 21.8 Å². The van der Waals surface area contributed by atoms with Gasteiger partial charge in [0.1, 0.15) is 6.61 Å². The first-order chi connectivity index (χ1) is 14.9. The van der Waals surface area contributed by atoms with Gasteiger partial charge in [-0.3, -0.25) is 0 Å². The van der Waals surface area contributed by atoms with Crippen molar-refractivity contribution in [3.8, 4) is 23.0 Å². The molecule has 5 nitrogen and oxygen atoms in total. The predicted octanol–water partition coefficient (Wildman–Crippen LogP) is 4.24. The molecular weight excluding hydrogens is 417 g/mol. The van der Waals surface area contributed by atoms with Gasteiger partial charge in [0.25, 0.3) is 0 Å². The van der Waals surface area contributed by atoms with Gasteiger partial charge in [-0.15, -0.1) is 3.89 Å². The minimum absolute atomic E-state index is 0.0190. The van der Waals surface area contributed by atoms with Gasteiger partial charge in [0.05, 0.1) is 11.4 Å². The Labute approximate surface area is 180 Å². The molecule has 0 bridgehead atoms. The smallest absolute Gasteiger partial charge is 0.407 e. The minimum atomic E-state index is -4.73. The molecule has 1 N–H and O–H groups in total. The van der Waals surface area contributed by atoms with Crippen LogP contribution in [0.4, 0.5) is 8.68 Å². The molecule has 1 amide bonds. The van der Waals surface area contributed by atoms with E-state index < -0.39 is 21.2 Å². The highest BCUT2D eigenvalue weighted by molar-refractivity contribution is 7.86. The summed E-state index contributed by atoms with van der Waals surface area (Å²) < 4.78 is 39.9. The maximum atomic E-state index is 12.9. The highest BCUT2D eigenvalue weighted by atomic mass is 32.3. The number of hydrogen-bond donors (Lipinski definition) is 1. The summed E-state index contributed by atoms with van der Waals surface area (Å²) in [7, 11) is -4.73. The van der Waals surface area contributed by atoms with Crippen LogP contribution in [0.5, 0.6) is 0 Å². The summed E-state index contributed by atoms with van der Waals surface area (Å²) >= 11 is 0. The SMILES string of the molecule is O=C(NCC#Cc1ccc(S(=O)(=O)F)cc1)OCC1c2ccccc2-c2ccccc21. The number of fused-ring (bicyclic) bond motifs is 3. The van der Waals surface area contributed by atoms with E-state index in [4.69, 9.17) is 4.74 Å². The predicted molar refractivity (Wildman–Crippen MR) is 115 cm³/mol. The van der Waals surface area contributed by atoms with Crippen molar-refractivity contribution in [2.75, 3.05) is 13.2 Å². The van der Waals surface area contributed by atoms with E-state index in [9.17, 15) is 17.1 Å². The molecule has 0 saturated heterocycles. The summed E-state index contributed by atoms with van der Waals surface area (Å²) in [5.74, 6) is 5.49. The lowest BCUT2D eigenvalue weighted by Crippen LogP contribution is -2.26. The molecule has 0 fully saturated rings. The van der Waals surface area contributed by atoms with Gasteiger partial charge in [-0.2, -0.15) is 8.42 Å². The Morgan fingerprint density at radius 2 is 1.52 bits per heavy atom. The summed E-state index contributed by atoms with van der Waals surface area (Å²) in [5.41, 5.74) is 5.08. The topological polar surface area (TPSA) is 72.5 Å². The Balaban J connectivity index is 1.32. The van der Waals surface area contributed by atoms with Crippen LogP contribution in [0.2, 0.25) is 0 Å². The maximum Gasteiger partial charge on any atom is 0.407 e. The standard InChI is InChI=1S/C24H18FNO4S/c25-31(28,29)18-13-11-17(12-14-18)6-5-15-26-24(27)30-16-23-21-9-3-1-7-19(21)20-8-2-4-10-22(20)23/h1-4,7-14,23H,15-16H2,(H,26,27). The van der Waals surface area contributed by atoms with Gasteiger partial charge >= 0.3 is 16.3 Å². The fraction of sp³-hybridized carbons (Fsp3) is 0.125. The normalized spacial score (nSPS) is 12.3. The van der Waals surface area contributed by atoms with Crippen LogP contribution in [0, 0.1) is 11.8 Å². The lowest BCUT2D eigenvalue weighted by molar-refractivity contribution is 0.144. The number of hydrogen-bond acceptors (Lipinski definition) is 4. The molecule has 0 radical (unpaired) electrons. The molecule has 4 rings (SSSR count). The van der Waals surface area contributed by atoms with Crippen molar-refractivity contribution in [3.05, 3.63) is 89.5 Å². The maximum absolute atomic E-state index is 12.9. The van der Waals surface area contributed by atoms with E-state index in [2.05, 4.69) is 29.3 Å². The molecular formula is C24H18FNO4S. The summed E-state index contributed by atoms with van der Waals surface area (Å²) in [6.45, 7) is 0.270. The second-order valence-electron chi connectivity index (χ2n) is 6.94. The van der Waals surface area contributed by atoms with Gasteiger partial charge in [-0.05, 0) is 46.5 Å². The summed E-state index contributed by atoms with van der Waals surface area (Å²) in [6.07, 6.45) is -0.574. The second-order valence-corrected chi connectivity index (χ2v) is 8.29. The van der Waals surface area contributed by atoms with Crippen molar-refractivity contribution in [3.63, 3.8) is 0 Å². The minimum Gasteiger partial charge on any atom is -0.449 e. The number of carbonyl (C=O) groups excluding carboxylic acids is 1. The highest BCUT2D eigenvalue weighted by Gasteiger charge is 2.28. The molecule has 0 aromatic heterocycles. The molecule has 1 aliphatic carbocycles. The Morgan fingerprint density at radius 1 is 0.935 bits per heavy atom. The monoisotopic (exact) mass is 435 g/mol. The van der Waals surface area contributed by atoms with Crippen LogP contribution in [-0.4, -0.2) is 27.7 Å². The zero-order valence-electron chi connectivity index (χ0n) is 16.3. The Morgan fingerprint density at radius 3 is 2.10 bits per heavy atom. The van der Waals surface area contributed by atoms with E-state index in [0.29, 0.717) is 5.56 Å². The van der Waals surface area contributed by atoms with Crippen molar-refractivity contribution in [2.24, 2.45) is 0 Å². The summed E-state index contributed by atoms with van der Waals surface area (Å²) in [4.78, 5) is 11.7. The molecule has 0 aliphatic heterocycles. The zero-order valence-corrected chi connectivity index (χ0v) is 17.2. The number of nitrogens with one attached hydrogen (secondary N) is 1. The number of rotatable bonds is 4. The molecule has 0 unspecified atom stereocenters. The van der Waals surface area contributed by atoms with Crippen molar-refractivity contribution in [1.82, 2.24) is 5.32 Å². The molecule has 3 aromatic carbocycles. The van der Waals surface area contributed by atoms with Gasteiger partial charge < -0.3 is 10.1 Å². The first-order valence-corrected chi connectivity index (χ1v) is 10.9. The Bertz CT molecular complexity index is 1250. The van der Waals surface area contributed by atoms with Crippen molar-refractivity contribution in [2.45, 2.75) is 10.8 Å². The average Bonchev–Trinajstić information content (AvgIpc) is 3.09. The average molecular weight is 435 g/mol. The van der Waals surface area contributed by atoms with Gasteiger partial charge in [0.2, 0.25) is 0 Å². The van der Waals surface area contributed by atoms with Crippen LogP contribution in [0.3, 0.4) is 0 Å². The number of alkyl carbamates (subject to hydrolysis) is 1. The van der Waals surface area contributed by atoms with Crippen molar-refractivity contribution >= 4 is 16.3 Å². The van der Waals surface area contributed by atoms with Crippen LogP contribution in [-0.2, 0) is 15.0 Å². The summed E-state index contributed by atoms with van der Waals surface area (Å²) in [6, 6.07) is 21.2. The van der Waals surface area contributed by atoms with E-state index in [1.807, 2.05) is 36.4 Å². The largest absolute Gasteiger partial charge is 0.449 e. The molecule has 156 valence electrons. The molecule has 1 aliphatic rings. The number of halogens is 1. The number of benzene rings is 3. The van der Waals surface area contributed by atoms with E-state index in [-0.39, 0.29) is 19.1 Å². The number of carbonyl (C=O) groups is 1. The third-order valence-electron chi connectivity index (χ3n) is 5.03. The second kappa shape index (κ2) is 8.62. The fourth-order valence-electron chi connectivity index (χ4n) is 3.61. The lowest BCUT2D eigenvalue weighted by atomic mass is 9.98. The Hall–Kier alpha value is -3.63. The van der Waals surface area contributed by atoms with Gasteiger partial charge in [0.15, 0.2) is 0 Å². The van der Waals surface area contributed by atoms with Crippen LogP contribution in [0.25, 0.3) is 11.1 Å². The van der Waals surface area contributed by atoms with Crippen LogP contribution in [0.15, 0.2) is 77.7 Å². The quantitative estimate of drug-likeness (QED) is 0.492. The molecule has 0 saturated carbocycles. The van der Waals surface area contributed by atoms with E-state index in [1.165, 1.54) is 12.1 Å². The van der Waals surface area contributed by atoms with Gasteiger partial charge in [0, 0.05) is 11.5 Å². The molecule has 0 atom stereocenters. The van der Waals surface area contributed by atoms with Crippen LogP contribution < -0.4 is 5.32 Å². The fourth-order valence-corrected chi connectivity index (χ4v) is 4.07. The van der Waals surface area contributed by atoms with E-state index >= 15 is 0 Å².